The lowest BCUT2D eigenvalue weighted by Crippen LogP contribution is -2.52. The van der Waals surface area contributed by atoms with Crippen molar-refractivity contribution in [3.8, 4) is 0 Å². The Morgan fingerprint density at radius 3 is 2.77 bits per heavy atom. The molecule has 1 aliphatic carbocycles. The number of piperidine rings is 1. The minimum atomic E-state index is -0.562. The minimum absolute atomic E-state index is 0.128. The molecule has 0 spiro atoms. The number of carbonyl (C=O) groups excluding carboxylic acids is 3. The molecule has 0 aromatic heterocycles. The van der Waals surface area contributed by atoms with E-state index in [9.17, 15) is 14.4 Å². The van der Waals surface area contributed by atoms with Gasteiger partial charge >= 0.3 is 0 Å². The van der Waals surface area contributed by atoms with Crippen LogP contribution in [0.4, 0.5) is 0 Å². The van der Waals surface area contributed by atoms with Crippen molar-refractivity contribution >= 4 is 17.7 Å². The third-order valence-corrected chi connectivity index (χ3v) is 5.81. The van der Waals surface area contributed by atoms with E-state index in [0.29, 0.717) is 31.6 Å². The van der Waals surface area contributed by atoms with Crippen molar-refractivity contribution in [1.82, 2.24) is 15.5 Å². The van der Waals surface area contributed by atoms with Gasteiger partial charge < -0.3 is 16.0 Å². The summed E-state index contributed by atoms with van der Waals surface area (Å²) in [6, 6.07) is 5.34. The SMILES string of the molecule is NCC1(CNCc2ccc3c(c2)C(=O)N(C2CCC(=O)NC2=O)C3)CC1. The molecule has 1 aromatic rings. The Bertz CT molecular complexity index is 772. The van der Waals surface area contributed by atoms with Gasteiger partial charge in [-0.1, -0.05) is 12.1 Å². The molecule has 1 saturated carbocycles. The molecular weight excluding hydrogens is 332 g/mol. The highest BCUT2D eigenvalue weighted by atomic mass is 16.2. The van der Waals surface area contributed by atoms with Crippen LogP contribution in [0.25, 0.3) is 0 Å². The van der Waals surface area contributed by atoms with Crippen molar-refractivity contribution in [2.75, 3.05) is 13.1 Å². The highest BCUT2D eigenvalue weighted by molar-refractivity contribution is 6.05. The Labute approximate surface area is 152 Å². The van der Waals surface area contributed by atoms with E-state index in [1.807, 2.05) is 18.2 Å². The first-order valence-electron chi connectivity index (χ1n) is 9.19. The second-order valence-corrected chi connectivity index (χ2v) is 7.70. The summed E-state index contributed by atoms with van der Waals surface area (Å²) in [5.41, 5.74) is 8.72. The number of rotatable bonds is 6. The number of hydrogen-bond donors (Lipinski definition) is 3. The molecule has 4 N–H and O–H groups in total. The van der Waals surface area contributed by atoms with Crippen LogP contribution in [0.3, 0.4) is 0 Å². The van der Waals surface area contributed by atoms with Gasteiger partial charge in [-0.05, 0) is 48.4 Å². The molecule has 4 rings (SSSR count). The number of imide groups is 1. The Balaban J connectivity index is 1.42. The van der Waals surface area contributed by atoms with Gasteiger partial charge in [0.25, 0.3) is 5.91 Å². The first-order valence-corrected chi connectivity index (χ1v) is 9.19. The van der Waals surface area contributed by atoms with E-state index in [2.05, 4.69) is 10.6 Å². The van der Waals surface area contributed by atoms with Crippen LogP contribution in [-0.4, -0.2) is 41.8 Å². The quantitative estimate of drug-likeness (QED) is 0.635. The molecule has 0 radical (unpaired) electrons. The fourth-order valence-corrected chi connectivity index (χ4v) is 3.81. The fourth-order valence-electron chi connectivity index (χ4n) is 3.81. The van der Waals surface area contributed by atoms with Gasteiger partial charge in [-0.25, -0.2) is 0 Å². The zero-order chi connectivity index (χ0) is 18.3. The highest BCUT2D eigenvalue weighted by Crippen LogP contribution is 2.43. The number of benzene rings is 1. The van der Waals surface area contributed by atoms with Crippen LogP contribution in [0.2, 0.25) is 0 Å². The zero-order valence-electron chi connectivity index (χ0n) is 14.7. The number of carbonyl (C=O) groups is 3. The van der Waals surface area contributed by atoms with Crippen LogP contribution in [0.15, 0.2) is 18.2 Å². The van der Waals surface area contributed by atoms with Gasteiger partial charge in [0.2, 0.25) is 11.8 Å². The number of amides is 3. The first-order chi connectivity index (χ1) is 12.5. The van der Waals surface area contributed by atoms with E-state index in [1.54, 1.807) is 4.90 Å². The normalized spacial score (nSPS) is 23.8. The molecule has 1 atom stereocenters. The van der Waals surface area contributed by atoms with Crippen LogP contribution in [0, 0.1) is 5.41 Å². The Morgan fingerprint density at radius 2 is 2.08 bits per heavy atom. The van der Waals surface area contributed by atoms with Crippen molar-refractivity contribution in [3.05, 3.63) is 34.9 Å². The summed E-state index contributed by atoms with van der Waals surface area (Å²) in [4.78, 5) is 37.8. The standard InChI is InChI=1S/C19H24N4O3/c20-10-19(5-6-19)11-21-8-12-1-2-13-9-23(18(26)14(13)7-12)15-3-4-16(24)22-17(15)25/h1-2,7,15,21H,3-6,8-11,20H2,(H,22,24,25). The number of fused-ring (bicyclic) bond motifs is 1. The van der Waals surface area contributed by atoms with Gasteiger partial charge in [0.05, 0.1) is 0 Å². The third-order valence-electron chi connectivity index (χ3n) is 5.81. The molecule has 1 unspecified atom stereocenters. The lowest BCUT2D eigenvalue weighted by Gasteiger charge is -2.29. The molecule has 1 aromatic carbocycles. The maximum Gasteiger partial charge on any atom is 0.255 e. The van der Waals surface area contributed by atoms with Crippen molar-refractivity contribution in [2.24, 2.45) is 11.1 Å². The molecule has 138 valence electrons. The van der Waals surface area contributed by atoms with Crippen molar-refractivity contribution in [2.45, 2.75) is 44.8 Å². The largest absolute Gasteiger partial charge is 0.330 e. The third kappa shape index (κ3) is 3.12. The predicted octanol–water partition coefficient (Wildman–Crippen LogP) is 0.276. The number of nitrogens with one attached hydrogen (secondary N) is 2. The summed E-state index contributed by atoms with van der Waals surface area (Å²) in [5.74, 6) is -0.771. The molecule has 2 aliphatic heterocycles. The zero-order valence-corrected chi connectivity index (χ0v) is 14.7. The molecule has 1 saturated heterocycles. The average Bonchev–Trinajstić information content (AvgIpc) is 3.34. The van der Waals surface area contributed by atoms with Crippen LogP contribution in [0.5, 0.6) is 0 Å². The first kappa shape index (κ1) is 17.2. The highest BCUT2D eigenvalue weighted by Gasteiger charge is 2.41. The molecule has 3 aliphatic rings. The fraction of sp³-hybridized carbons (Fsp3) is 0.526. The van der Waals surface area contributed by atoms with Gasteiger partial charge in [0.1, 0.15) is 6.04 Å². The molecule has 3 amide bonds. The van der Waals surface area contributed by atoms with E-state index in [4.69, 9.17) is 5.73 Å². The number of nitrogens with zero attached hydrogens (tertiary/aromatic N) is 1. The molecule has 2 fully saturated rings. The van der Waals surface area contributed by atoms with E-state index >= 15 is 0 Å². The van der Waals surface area contributed by atoms with Gasteiger partial charge in [0, 0.05) is 31.6 Å². The lowest BCUT2D eigenvalue weighted by atomic mass is 10.0. The summed E-state index contributed by atoms with van der Waals surface area (Å²) in [6.45, 7) is 2.73. The van der Waals surface area contributed by atoms with Gasteiger partial charge in [-0.3, -0.25) is 19.7 Å². The second-order valence-electron chi connectivity index (χ2n) is 7.70. The summed E-state index contributed by atoms with van der Waals surface area (Å²) in [7, 11) is 0. The predicted molar refractivity (Wildman–Crippen MR) is 94.9 cm³/mol. The lowest BCUT2D eigenvalue weighted by molar-refractivity contribution is -0.136. The summed E-state index contributed by atoms with van der Waals surface area (Å²) in [6.07, 6.45) is 3.02. The summed E-state index contributed by atoms with van der Waals surface area (Å²) >= 11 is 0. The molecular formula is C19H24N4O3. The monoisotopic (exact) mass is 356 g/mol. The molecule has 0 bridgehead atoms. The molecule has 7 nitrogen and oxygen atoms in total. The number of hydrogen-bond acceptors (Lipinski definition) is 5. The molecule has 2 heterocycles. The van der Waals surface area contributed by atoms with Crippen LogP contribution in [0.1, 0.15) is 47.2 Å². The average molecular weight is 356 g/mol. The Kier molecular flexibility index (Phi) is 4.28. The van der Waals surface area contributed by atoms with E-state index in [0.717, 1.165) is 17.7 Å². The minimum Gasteiger partial charge on any atom is -0.330 e. The molecule has 26 heavy (non-hydrogen) atoms. The van der Waals surface area contributed by atoms with Crippen molar-refractivity contribution in [3.63, 3.8) is 0 Å². The maximum absolute atomic E-state index is 12.8. The maximum atomic E-state index is 12.8. The van der Waals surface area contributed by atoms with Crippen molar-refractivity contribution < 1.29 is 14.4 Å². The van der Waals surface area contributed by atoms with Crippen LogP contribution < -0.4 is 16.4 Å². The van der Waals surface area contributed by atoms with Crippen LogP contribution >= 0.6 is 0 Å². The summed E-state index contributed by atoms with van der Waals surface area (Å²) < 4.78 is 0. The molecule has 7 heteroatoms. The Morgan fingerprint density at radius 1 is 1.27 bits per heavy atom. The Hall–Kier alpha value is -2.25. The van der Waals surface area contributed by atoms with E-state index in [-0.39, 0.29) is 29.6 Å². The summed E-state index contributed by atoms with van der Waals surface area (Å²) in [5, 5.41) is 5.77. The van der Waals surface area contributed by atoms with E-state index < -0.39 is 6.04 Å². The van der Waals surface area contributed by atoms with Gasteiger partial charge in [-0.15, -0.1) is 0 Å². The van der Waals surface area contributed by atoms with Crippen molar-refractivity contribution in [1.29, 1.82) is 0 Å². The second kappa shape index (κ2) is 6.48. The van der Waals surface area contributed by atoms with E-state index in [1.165, 1.54) is 12.8 Å². The van der Waals surface area contributed by atoms with Crippen LogP contribution in [-0.2, 0) is 22.7 Å². The van der Waals surface area contributed by atoms with Gasteiger partial charge in [0.15, 0.2) is 0 Å². The number of nitrogens with two attached hydrogens (primary N) is 1. The van der Waals surface area contributed by atoms with Gasteiger partial charge in [-0.2, -0.15) is 0 Å². The smallest absolute Gasteiger partial charge is 0.255 e. The topological polar surface area (TPSA) is 105 Å².